The third-order valence-electron chi connectivity index (χ3n) is 7.30. The molecule has 5 nitrogen and oxygen atoms in total. The Morgan fingerprint density at radius 3 is 2.65 bits per heavy atom. The maximum absolute atomic E-state index is 12.9. The Balaban J connectivity index is 1.87. The Morgan fingerprint density at radius 2 is 2.00 bits per heavy atom. The van der Waals surface area contributed by atoms with Crippen molar-refractivity contribution >= 4 is 28.5 Å². The van der Waals surface area contributed by atoms with Crippen LogP contribution in [0.3, 0.4) is 0 Å². The molecule has 2 aliphatic rings. The number of aromatic nitrogens is 1. The van der Waals surface area contributed by atoms with Crippen molar-refractivity contribution in [3.8, 4) is 0 Å². The lowest BCUT2D eigenvalue weighted by molar-refractivity contribution is 0.124. The molecule has 4 rings (SSSR count). The smallest absolute Gasteiger partial charge is 0.324 e. The second kappa shape index (κ2) is 9.03. The third kappa shape index (κ3) is 3.84. The van der Waals surface area contributed by atoms with Gasteiger partial charge >= 0.3 is 6.03 Å². The predicted molar refractivity (Wildman–Crippen MR) is 130 cm³/mol. The van der Waals surface area contributed by atoms with E-state index in [2.05, 4.69) is 43.2 Å². The van der Waals surface area contributed by atoms with Crippen molar-refractivity contribution in [1.82, 2.24) is 14.5 Å². The standard InChI is InChI=1S/C25H37ClN4O/c1-6-11-29-12-9-10-18-19-13-17(16(4)5)14-22-23(19)20(15-21(18)29)24(26)30(22)27-25(31)28(7-2)8-3/h13-14,16,18,21H,6-12,15H2,1-5H3,(H,27,31)/t18-,21-/m1/s1. The summed E-state index contributed by atoms with van der Waals surface area (Å²) in [7, 11) is 0. The van der Waals surface area contributed by atoms with Crippen molar-refractivity contribution in [2.24, 2.45) is 0 Å². The Kier molecular flexibility index (Phi) is 6.55. The van der Waals surface area contributed by atoms with Gasteiger partial charge in [0.2, 0.25) is 0 Å². The molecule has 1 saturated heterocycles. The quantitative estimate of drug-likeness (QED) is 0.599. The van der Waals surface area contributed by atoms with Gasteiger partial charge in [0, 0.05) is 36.0 Å². The normalized spacial score (nSPS) is 20.9. The summed E-state index contributed by atoms with van der Waals surface area (Å²) in [5.74, 6) is 0.958. The molecule has 0 spiro atoms. The van der Waals surface area contributed by atoms with Crippen molar-refractivity contribution < 1.29 is 4.79 Å². The van der Waals surface area contributed by atoms with Gasteiger partial charge in [0.1, 0.15) is 5.15 Å². The van der Waals surface area contributed by atoms with Gasteiger partial charge in [0.15, 0.2) is 0 Å². The van der Waals surface area contributed by atoms with Crippen LogP contribution in [0.25, 0.3) is 10.9 Å². The van der Waals surface area contributed by atoms with Crippen LogP contribution < -0.4 is 5.43 Å². The summed E-state index contributed by atoms with van der Waals surface area (Å²) < 4.78 is 1.85. The molecule has 0 unspecified atom stereocenters. The molecule has 2 amide bonds. The van der Waals surface area contributed by atoms with Crippen molar-refractivity contribution in [3.05, 3.63) is 34.0 Å². The van der Waals surface area contributed by atoms with Crippen molar-refractivity contribution in [2.75, 3.05) is 31.6 Å². The van der Waals surface area contributed by atoms with Gasteiger partial charge in [-0.3, -0.25) is 4.90 Å². The van der Waals surface area contributed by atoms with Crippen LogP contribution in [0, 0.1) is 0 Å². The van der Waals surface area contributed by atoms with E-state index in [0.29, 0.717) is 36.1 Å². The molecule has 0 saturated carbocycles. The first kappa shape index (κ1) is 22.5. The van der Waals surface area contributed by atoms with E-state index >= 15 is 0 Å². The number of nitrogens with zero attached hydrogens (tertiary/aromatic N) is 3. The van der Waals surface area contributed by atoms with Crippen LogP contribution in [0.2, 0.25) is 5.15 Å². The van der Waals surface area contributed by atoms with Gasteiger partial charge < -0.3 is 4.90 Å². The van der Waals surface area contributed by atoms with E-state index in [1.807, 2.05) is 18.5 Å². The maximum atomic E-state index is 12.9. The number of benzene rings is 1. The van der Waals surface area contributed by atoms with Gasteiger partial charge in [-0.2, -0.15) is 0 Å². The monoisotopic (exact) mass is 444 g/mol. The number of nitrogens with one attached hydrogen (secondary N) is 1. The number of fused-ring (bicyclic) bond motifs is 2. The minimum atomic E-state index is -0.101. The number of halogens is 1. The highest BCUT2D eigenvalue weighted by atomic mass is 35.5. The van der Waals surface area contributed by atoms with Crippen molar-refractivity contribution in [1.29, 1.82) is 0 Å². The number of likely N-dealkylation sites (tertiary alicyclic amines) is 1. The topological polar surface area (TPSA) is 40.5 Å². The van der Waals surface area contributed by atoms with Crippen LogP contribution in [0.5, 0.6) is 0 Å². The van der Waals surface area contributed by atoms with Crippen LogP contribution in [-0.4, -0.2) is 52.7 Å². The SMILES string of the molecule is CCCN1CCC[C@@H]2c3cc(C(C)C)cc4c3c(c(Cl)n4NC(=O)N(CC)CC)C[C@H]21. The number of rotatable bonds is 6. The highest BCUT2D eigenvalue weighted by Gasteiger charge is 2.39. The second-order valence-electron chi connectivity index (χ2n) is 9.41. The van der Waals surface area contributed by atoms with Crippen LogP contribution in [0.1, 0.15) is 82.4 Å². The van der Waals surface area contributed by atoms with Gasteiger partial charge in [0.25, 0.3) is 0 Å². The molecule has 0 radical (unpaired) electrons. The molecule has 1 aliphatic heterocycles. The number of piperidine rings is 1. The minimum Gasteiger partial charge on any atom is -0.324 e. The molecule has 1 aromatic carbocycles. The van der Waals surface area contributed by atoms with E-state index in [1.54, 1.807) is 4.90 Å². The molecule has 170 valence electrons. The molecule has 31 heavy (non-hydrogen) atoms. The van der Waals surface area contributed by atoms with Crippen LogP contribution >= 0.6 is 11.6 Å². The first-order valence-electron chi connectivity index (χ1n) is 12.1. The molecule has 2 atom stereocenters. The molecule has 1 aromatic heterocycles. The van der Waals surface area contributed by atoms with Gasteiger partial charge in [-0.15, -0.1) is 0 Å². The number of carbonyl (C=O) groups excluding carboxylic acids is 1. The van der Waals surface area contributed by atoms with Crippen molar-refractivity contribution in [3.63, 3.8) is 0 Å². The van der Waals surface area contributed by atoms with E-state index in [1.165, 1.54) is 47.9 Å². The zero-order valence-electron chi connectivity index (χ0n) is 19.7. The molecule has 0 bridgehead atoms. The maximum Gasteiger partial charge on any atom is 0.336 e. The van der Waals surface area contributed by atoms with E-state index < -0.39 is 0 Å². The lowest BCUT2D eigenvalue weighted by Crippen LogP contribution is -2.47. The lowest BCUT2D eigenvalue weighted by atomic mass is 9.74. The molecule has 1 fully saturated rings. The summed E-state index contributed by atoms with van der Waals surface area (Å²) in [5, 5.41) is 1.94. The Hall–Kier alpha value is -1.72. The summed E-state index contributed by atoms with van der Waals surface area (Å²) >= 11 is 6.99. The molecule has 1 aliphatic carbocycles. The molecular formula is C25H37ClN4O. The summed E-state index contributed by atoms with van der Waals surface area (Å²) in [4.78, 5) is 17.4. The third-order valence-corrected chi connectivity index (χ3v) is 7.70. The summed E-state index contributed by atoms with van der Waals surface area (Å²) in [5.41, 5.74) is 8.11. The Labute approximate surface area is 191 Å². The first-order valence-corrected chi connectivity index (χ1v) is 12.5. The fourth-order valence-electron chi connectivity index (χ4n) is 5.65. The summed E-state index contributed by atoms with van der Waals surface area (Å²) in [6.45, 7) is 14.4. The molecule has 1 N–H and O–H groups in total. The van der Waals surface area contributed by atoms with Crippen LogP contribution in [0.4, 0.5) is 4.79 Å². The molecule has 2 heterocycles. The summed E-state index contributed by atoms with van der Waals surface area (Å²) in [6, 6.07) is 5.05. The van der Waals surface area contributed by atoms with E-state index in [-0.39, 0.29) is 6.03 Å². The van der Waals surface area contributed by atoms with Gasteiger partial charge in [-0.1, -0.05) is 38.4 Å². The van der Waals surface area contributed by atoms with Gasteiger partial charge in [0.05, 0.1) is 5.52 Å². The predicted octanol–water partition coefficient (Wildman–Crippen LogP) is 5.94. The van der Waals surface area contributed by atoms with E-state index in [9.17, 15) is 4.79 Å². The number of hydrogen-bond donors (Lipinski definition) is 1. The first-order chi connectivity index (χ1) is 14.9. The van der Waals surface area contributed by atoms with E-state index in [0.717, 1.165) is 18.5 Å². The zero-order valence-corrected chi connectivity index (χ0v) is 20.4. The molecular weight excluding hydrogens is 408 g/mol. The lowest BCUT2D eigenvalue weighted by Gasteiger charge is -2.44. The molecule has 6 heteroatoms. The van der Waals surface area contributed by atoms with E-state index in [4.69, 9.17) is 11.6 Å². The van der Waals surface area contributed by atoms with Gasteiger partial charge in [-0.25, -0.2) is 14.9 Å². The fourth-order valence-corrected chi connectivity index (χ4v) is 5.96. The highest BCUT2D eigenvalue weighted by molar-refractivity contribution is 6.32. The zero-order chi connectivity index (χ0) is 22.3. The number of urea groups is 1. The second-order valence-corrected chi connectivity index (χ2v) is 9.77. The average Bonchev–Trinajstić information content (AvgIpc) is 3.02. The van der Waals surface area contributed by atoms with Gasteiger partial charge in [-0.05, 0) is 75.7 Å². The van der Waals surface area contributed by atoms with Crippen LogP contribution in [0.15, 0.2) is 12.1 Å². The highest BCUT2D eigenvalue weighted by Crippen LogP contribution is 2.47. The van der Waals surface area contributed by atoms with Crippen molar-refractivity contribution in [2.45, 2.75) is 78.2 Å². The largest absolute Gasteiger partial charge is 0.336 e. The minimum absolute atomic E-state index is 0.101. The number of carbonyl (C=O) groups is 1. The molecule has 2 aromatic rings. The summed E-state index contributed by atoms with van der Waals surface area (Å²) in [6.07, 6.45) is 4.61. The average molecular weight is 445 g/mol. The van der Waals surface area contributed by atoms with Crippen LogP contribution in [-0.2, 0) is 6.42 Å². The Bertz CT molecular complexity index is 960. The fraction of sp³-hybridized carbons (Fsp3) is 0.640. The number of hydrogen-bond acceptors (Lipinski definition) is 2. The number of amides is 2. The Morgan fingerprint density at radius 1 is 1.26 bits per heavy atom.